The third-order valence-corrected chi connectivity index (χ3v) is 6.50. The lowest BCUT2D eigenvalue weighted by molar-refractivity contribution is -0.146. The van der Waals surface area contributed by atoms with Crippen molar-refractivity contribution in [3.8, 4) is 6.07 Å². The van der Waals surface area contributed by atoms with E-state index in [1.165, 1.54) is 0 Å². The Balaban J connectivity index is 1.42. The van der Waals surface area contributed by atoms with Crippen LogP contribution < -0.4 is 10.2 Å². The Hall–Kier alpha value is -2.70. The standard InChI is InChI=1S/C23H31N5O4/c1-15-19-14-32-23(2,3)11-17(19)18(12-24)20(26-15)27-6-8-28(9-7-27)22(30)21(29)25-13-16-5-4-10-31-16/h16H,4-11,13-14H2,1-3H3,(H,25,29)/t16-/m1/s1. The highest BCUT2D eigenvalue weighted by atomic mass is 16.5. The molecule has 1 N–H and O–H groups in total. The molecule has 3 aliphatic rings. The molecule has 0 saturated carbocycles. The number of hydrogen-bond donors (Lipinski definition) is 1. The SMILES string of the molecule is Cc1nc(N2CCN(C(=O)C(=O)NC[C@H]3CCCO3)CC2)c(C#N)c2c1COC(C)(C)C2. The molecule has 2 fully saturated rings. The van der Waals surface area contributed by atoms with Gasteiger partial charge >= 0.3 is 11.8 Å². The zero-order valence-electron chi connectivity index (χ0n) is 19.1. The van der Waals surface area contributed by atoms with E-state index in [1.54, 1.807) is 4.90 Å². The van der Waals surface area contributed by atoms with Gasteiger partial charge in [0.1, 0.15) is 11.9 Å². The van der Waals surface area contributed by atoms with Crippen LogP contribution in [-0.2, 0) is 32.1 Å². The maximum atomic E-state index is 12.6. The maximum Gasteiger partial charge on any atom is 0.312 e. The number of pyridine rings is 1. The number of carbonyl (C=O) groups excluding carboxylic acids is 2. The van der Waals surface area contributed by atoms with Gasteiger partial charge in [0.15, 0.2) is 0 Å². The van der Waals surface area contributed by atoms with Crippen molar-refractivity contribution in [3.05, 3.63) is 22.4 Å². The van der Waals surface area contributed by atoms with Crippen LogP contribution in [0.25, 0.3) is 0 Å². The first-order chi connectivity index (χ1) is 15.3. The average molecular weight is 442 g/mol. The average Bonchev–Trinajstić information content (AvgIpc) is 3.30. The second-order valence-corrected chi connectivity index (χ2v) is 9.31. The van der Waals surface area contributed by atoms with Crippen molar-refractivity contribution < 1.29 is 19.1 Å². The quantitative estimate of drug-likeness (QED) is 0.699. The van der Waals surface area contributed by atoms with Gasteiger partial charge in [-0.25, -0.2) is 4.98 Å². The summed E-state index contributed by atoms with van der Waals surface area (Å²) < 4.78 is 11.4. The van der Waals surface area contributed by atoms with Crippen LogP contribution in [0.1, 0.15) is 49.1 Å². The highest BCUT2D eigenvalue weighted by molar-refractivity contribution is 6.35. The molecule has 0 unspecified atom stereocenters. The van der Waals surface area contributed by atoms with Gasteiger partial charge in [0.05, 0.1) is 23.9 Å². The smallest absolute Gasteiger partial charge is 0.312 e. The van der Waals surface area contributed by atoms with E-state index in [4.69, 9.17) is 14.5 Å². The highest BCUT2D eigenvalue weighted by Crippen LogP contribution is 2.35. The van der Waals surface area contributed by atoms with Gasteiger partial charge in [0.25, 0.3) is 0 Å². The van der Waals surface area contributed by atoms with Crippen molar-refractivity contribution in [2.75, 3.05) is 44.2 Å². The number of nitrogens with zero attached hydrogens (tertiary/aromatic N) is 4. The number of rotatable bonds is 3. The molecule has 9 nitrogen and oxygen atoms in total. The molecule has 0 aliphatic carbocycles. The summed E-state index contributed by atoms with van der Waals surface area (Å²) in [6.07, 6.45) is 2.55. The monoisotopic (exact) mass is 441 g/mol. The predicted octanol–water partition coefficient (Wildman–Crippen LogP) is 1.06. The zero-order chi connectivity index (χ0) is 22.9. The number of piperazine rings is 1. The molecule has 2 amide bonds. The largest absolute Gasteiger partial charge is 0.376 e. The van der Waals surface area contributed by atoms with Crippen molar-refractivity contribution in [1.82, 2.24) is 15.2 Å². The summed E-state index contributed by atoms with van der Waals surface area (Å²) in [6, 6.07) is 2.37. The van der Waals surface area contributed by atoms with E-state index in [-0.39, 0.29) is 11.7 Å². The van der Waals surface area contributed by atoms with Crippen LogP contribution in [0, 0.1) is 18.3 Å². The molecule has 4 rings (SSSR count). The predicted molar refractivity (Wildman–Crippen MR) is 117 cm³/mol. The number of nitriles is 1. The van der Waals surface area contributed by atoms with Crippen LogP contribution in [0.2, 0.25) is 0 Å². The Kier molecular flexibility index (Phi) is 6.35. The Morgan fingerprint density at radius 1 is 1.25 bits per heavy atom. The second-order valence-electron chi connectivity index (χ2n) is 9.31. The van der Waals surface area contributed by atoms with Crippen LogP contribution >= 0.6 is 0 Å². The van der Waals surface area contributed by atoms with Gasteiger partial charge in [0, 0.05) is 57.0 Å². The van der Waals surface area contributed by atoms with Gasteiger partial charge in [-0.3, -0.25) is 9.59 Å². The molecule has 32 heavy (non-hydrogen) atoms. The Bertz CT molecular complexity index is 941. The molecule has 172 valence electrons. The van der Waals surface area contributed by atoms with E-state index in [2.05, 4.69) is 11.4 Å². The molecule has 4 heterocycles. The van der Waals surface area contributed by atoms with Crippen molar-refractivity contribution in [3.63, 3.8) is 0 Å². The molecule has 0 bridgehead atoms. The van der Waals surface area contributed by atoms with Crippen LogP contribution in [-0.4, -0.2) is 72.7 Å². The number of aromatic nitrogens is 1. The van der Waals surface area contributed by atoms with Crippen LogP contribution in [0.15, 0.2) is 0 Å². The third kappa shape index (κ3) is 4.57. The summed E-state index contributed by atoms with van der Waals surface area (Å²) in [7, 11) is 0. The number of aryl methyl sites for hydroxylation is 1. The number of hydrogen-bond acceptors (Lipinski definition) is 7. The van der Waals surface area contributed by atoms with Gasteiger partial charge in [-0.05, 0) is 39.2 Å². The highest BCUT2D eigenvalue weighted by Gasteiger charge is 2.33. The minimum Gasteiger partial charge on any atom is -0.376 e. The van der Waals surface area contributed by atoms with Crippen LogP contribution in [0.5, 0.6) is 0 Å². The van der Waals surface area contributed by atoms with E-state index >= 15 is 0 Å². The number of anilines is 1. The summed E-state index contributed by atoms with van der Waals surface area (Å²) in [6.45, 7) is 9.39. The van der Waals surface area contributed by atoms with E-state index < -0.39 is 11.8 Å². The lowest BCUT2D eigenvalue weighted by atomic mass is 9.88. The Morgan fingerprint density at radius 3 is 2.66 bits per heavy atom. The number of nitrogens with one attached hydrogen (secondary N) is 1. The second kappa shape index (κ2) is 9.04. The number of carbonyl (C=O) groups is 2. The molecule has 9 heteroatoms. The number of ether oxygens (including phenoxy) is 2. The summed E-state index contributed by atoms with van der Waals surface area (Å²) in [5.41, 5.74) is 3.15. The van der Waals surface area contributed by atoms with E-state index in [0.29, 0.717) is 63.7 Å². The molecule has 1 aromatic heterocycles. The first-order valence-electron chi connectivity index (χ1n) is 11.3. The maximum absolute atomic E-state index is 12.6. The molecular weight excluding hydrogens is 410 g/mol. The van der Waals surface area contributed by atoms with Gasteiger partial charge in [-0.2, -0.15) is 5.26 Å². The van der Waals surface area contributed by atoms with Gasteiger partial charge in [-0.1, -0.05) is 0 Å². The molecule has 0 spiro atoms. The van der Waals surface area contributed by atoms with Gasteiger partial charge in [-0.15, -0.1) is 0 Å². The summed E-state index contributed by atoms with van der Waals surface area (Å²) >= 11 is 0. The summed E-state index contributed by atoms with van der Waals surface area (Å²) in [5, 5.41) is 12.6. The van der Waals surface area contributed by atoms with Crippen molar-refractivity contribution >= 4 is 17.6 Å². The van der Waals surface area contributed by atoms with Crippen molar-refractivity contribution in [2.45, 2.75) is 58.3 Å². The Morgan fingerprint density at radius 2 is 2.00 bits per heavy atom. The molecule has 1 atom stereocenters. The Labute approximate surface area is 188 Å². The van der Waals surface area contributed by atoms with Crippen molar-refractivity contribution in [1.29, 1.82) is 5.26 Å². The fourth-order valence-electron chi connectivity index (χ4n) is 4.62. The van der Waals surface area contributed by atoms with Gasteiger partial charge in [0.2, 0.25) is 0 Å². The molecule has 3 aliphatic heterocycles. The van der Waals surface area contributed by atoms with Crippen LogP contribution in [0.3, 0.4) is 0 Å². The summed E-state index contributed by atoms with van der Waals surface area (Å²) in [4.78, 5) is 33.2. The van der Waals surface area contributed by atoms with E-state index in [1.807, 2.05) is 25.7 Å². The number of amides is 2. The fraction of sp³-hybridized carbons (Fsp3) is 0.652. The fourth-order valence-corrected chi connectivity index (χ4v) is 4.62. The van der Waals surface area contributed by atoms with E-state index in [0.717, 1.165) is 29.7 Å². The van der Waals surface area contributed by atoms with Crippen molar-refractivity contribution in [2.24, 2.45) is 0 Å². The first kappa shape index (κ1) is 22.5. The topological polar surface area (TPSA) is 108 Å². The first-order valence-corrected chi connectivity index (χ1v) is 11.3. The molecule has 0 aromatic carbocycles. The minimum absolute atomic E-state index is 0.00157. The zero-order valence-corrected chi connectivity index (χ0v) is 19.1. The lowest BCUT2D eigenvalue weighted by Gasteiger charge is -2.38. The summed E-state index contributed by atoms with van der Waals surface area (Å²) in [5.74, 6) is -0.440. The third-order valence-electron chi connectivity index (χ3n) is 6.50. The minimum atomic E-state index is -0.586. The molecular formula is C23H31N5O4. The lowest BCUT2D eigenvalue weighted by Crippen LogP contribution is -2.53. The molecule has 1 aromatic rings. The molecule has 0 radical (unpaired) electrons. The number of fused-ring (bicyclic) bond motifs is 1. The molecule has 2 saturated heterocycles. The van der Waals surface area contributed by atoms with E-state index in [9.17, 15) is 14.9 Å². The van der Waals surface area contributed by atoms with Crippen LogP contribution in [0.4, 0.5) is 5.82 Å². The normalized spacial score (nSPS) is 22.2. The van der Waals surface area contributed by atoms with Gasteiger partial charge < -0.3 is 24.6 Å².